The molecule has 3 rings (SSSR count). The lowest BCUT2D eigenvalue weighted by atomic mass is 10.00. The van der Waals surface area contributed by atoms with Gasteiger partial charge in [0, 0.05) is 57.7 Å². The molecule has 12 heteroatoms. The van der Waals surface area contributed by atoms with E-state index >= 15 is 0 Å². The van der Waals surface area contributed by atoms with Gasteiger partial charge < -0.3 is 21.2 Å². The van der Waals surface area contributed by atoms with E-state index in [4.69, 9.17) is 15.9 Å². The molecule has 7 N–H and O–H groups in total. The number of allylic oxidation sites excluding steroid dienone is 4. The maximum Gasteiger partial charge on any atom is 0.434 e. The number of carbonyl (C=O) groups excluding carboxylic acids is 1. The van der Waals surface area contributed by atoms with Crippen LogP contribution in [0.5, 0.6) is 0 Å². The first-order chi connectivity index (χ1) is 17.9. The van der Waals surface area contributed by atoms with Crippen LogP contribution < -0.4 is 27.9 Å². The van der Waals surface area contributed by atoms with Crippen molar-refractivity contribution in [3.63, 3.8) is 0 Å². The van der Waals surface area contributed by atoms with E-state index in [0.717, 1.165) is 0 Å². The zero-order valence-corrected chi connectivity index (χ0v) is 20.8. The number of anilines is 1. The molecule has 190 valence electrons. The number of H-pyrrole nitrogens is 1. The second-order valence-corrected chi connectivity index (χ2v) is 8.24. The molecular formula is C25H26N8O3S. The molecule has 0 atom stereocenters. The number of hydrogen-bond donors (Lipinski definition) is 5. The molecule has 3 aromatic rings. The molecule has 0 fully saturated rings. The number of nitrogens with zero attached hydrogens (tertiary/aromatic N) is 3. The summed E-state index contributed by atoms with van der Waals surface area (Å²) in [5.74, 6) is -0.357. The van der Waals surface area contributed by atoms with Crippen LogP contribution in [0.15, 0.2) is 82.8 Å². The van der Waals surface area contributed by atoms with Gasteiger partial charge in [-0.1, -0.05) is 37.1 Å². The van der Waals surface area contributed by atoms with Crippen LogP contribution in [0.2, 0.25) is 0 Å². The van der Waals surface area contributed by atoms with Crippen molar-refractivity contribution in [2.45, 2.75) is 6.92 Å². The average Bonchev–Trinajstić information content (AvgIpc) is 3.34. The van der Waals surface area contributed by atoms with Crippen molar-refractivity contribution in [3.05, 3.63) is 107 Å². The van der Waals surface area contributed by atoms with Crippen LogP contribution in [0.1, 0.15) is 29.6 Å². The number of amides is 2. The Bertz CT molecular complexity index is 1440. The zero-order chi connectivity index (χ0) is 26.8. The normalized spacial score (nSPS) is 12.2. The summed E-state index contributed by atoms with van der Waals surface area (Å²) in [4.78, 5) is 32.7. The highest BCUT2D eigenvalue weighted by Crippen LogP contribution is 2.35. The highest BCUT2D eigenvalue weighted by Gasteiger charge is 2.15. The highest BCUT2D eigenvalue weighted by atomic mass is 32.2. The minimum absolute atomic E-state index is 0.0441. The van der Waals surface area contributed by atoms with E-state index in [1.165, 1.54) is 24.0 Å². The van der Waals surface area contributed by atoms with Crippen LogP contribution in [-0.4, -0.2) is 32.7 Å². The average molecular weight is 519 g/mol. The Kier molecular flexibility index (Phi) is 9.22. The Morgan fingerprint density at radius 2 is 2.08 bits per heavy atom. The minimum atomic E-state index is -0.703. The van der Waals surface area contributed by atoms with Gasteiger partial charge in [-0.05, 0) is 31.2 Å². The molecule has 0 aliphatic heterocycles. The summed E-state index contributed by atoms with van der Waals surface area (Å²) in [7, 11) is 0. The molecular weight excluding hydrogens is 492 g/mol. The van der Waals surface area contributed by atoms with Gasteiger partial charge in [0.15, 0.2) is 0 Å². The smallest absolute Gasteiger partial charge is 0.404 e. The van der Waals surface area contributed by atoms with Gasteiger partial charge in [-0.25, -0.2) is 19.7 Å². The molecule has 0 radical (unpaired) electrons. The second-order valence-electron chi connectivity index (χ2n) is 7.27. The Morgan fingerprint density at radius 1 is 1.27 bits per heavy atom. The molecule has 0 saturated heterocycles. The first kappa shape index (κ1) is 26.8. The zero-order valence-electron chi connectivity index (χ0n) is 20.0. The molecule has 0 aliphatic carbocycles. The van der Waals surface area contributed by atoms with Crippen LogP contribution in [0.3, 0.4) is 0 Å². The lowest BCUT2D eigenvalue weighted by Gasteiger charge is -2.14. The van der Waals surface area contributed by atoms with Crippen molar-refractivity contribution < 1.29 is 9.21 Å². The third-order valence-corrected chi connectivity index (χ3v) is 5.65. The molecule has 0 bridgehead atoms. The summed E-state index contributed by atoms with van der Waals surface area (Å²) in [6.45, 7) is 10.2. The van der Waals surface area contributed by atoms with E-state index in [1.807, 2.05) is 13.0 Å². The van der Waals surface area contributed by atoms with Gasteiger partial charge in [-0.3, -0.25) is 10.3 Å². The largest absolute Gasteiger partial charge is 0.434 e. The van der Waals surface area contributed by atoms with E-state index in [1.54, 1.807) is 42.1 Å². The van der Waals surface area contributed by atoms with E-state index in [0.29, 0.717) is 50.9 Å². The van der Waals surface area contributed by atoms with E-state index in [9.17, 15) is 9.59 Å². The van der Waals surface area contributed by atoms with Gasteiger partial charge in [0.05, 0.1) is 11.4 Å². The lowest BCUT2D eigenvalue weighted by molar-refractivity contribution is 0.252. The number of hydrogen-bond acceptors (Lipinski definition) is 9. The highest BCUT2D eigenvalue weighted by molar-refractivity contribution is 8.11. The fourth-order valence-electron chi connectivity index (χ4n) is 3.04. The monoisotopic (exact) mass is 518 g/mol. The van der Waals surface area contributed by atoms with E-state index < -0.39 is 11.8 Å². The van der Waals surface area contributed by atoms with Gasteiger partial charge in [0.2, 0.25) is 5.89 Å². The van der Waals surface area contributed by atoms with Gasteiger partial charge in [0.25, 0.3) is 0 Å². The van der Waals surface area contributed by atoms with Crippen molar-refractivity contribution in [3.8, 4) is 0 Å². The molecule has 37 heavy (non-hydrogen) atoms. The van der Waals surface area contributed by atoms with E-state index in [2.05, 4.69) is 44.0 Å². The fourth-order valence-corrected chi connectivity index (χ4v) is 3.73. The number of urea groups is 1. The Hall–Kier alpha value is -4.84. The number of thioether (sulfide) groups is 1. The maximum absolute atomic E-state index is 12.1. The van der Waals surface area contributed by atoms with Crippen LogP contribution in [-0.2, 0) is 0 Å². The molecule has 3 aromatic heterocycles. The third-order valence-electron chi connectivity index (χ3n) is 4.78. The topological polar surface area (TPSA) is 178 Å². The summed E-state index contributed by atoms with van der Waals surface area (Å²) < 4.78 is 5.04. The Morgan fingerprint density at radius 3 is 2.70 bits per heavy atom. The predicted octanol–water partition coefficient (Wildman–Crippen LogP) is 3.52. The number of nitrogens with one attached hydrogen (secondary N) is 3. The number of nitrogens with two attached hydrogens (primary N) is 2. The summed E-state index contributed by atoms with van der Waals surface area (Å²) in [5, 5.41) is 13.1. The van der Waals surface area contributed by atoms with Crippen LogP contribution in [0.25, 0.3) is 21.7 Å². The number of aromatic nitrogens is 4. The van der Waals surface area contributed by atoms with Crippen molar-refractivity contribution >= 4 is 45.4 Å². The Labute approximate surface area is 217 Å². The summed E-state index contributed by atoms with van der Waals surface area (Å²) in [6.07, 6.45) is 7.67. The predicted molar refractivity (Wildman–Crippen MR) is 147 cm³/mol. The van der Waals surface area contributed by atoms with Gasteiger partial charge in [0.1, 0.15) is 5.82 Å². The number of carbonyl (C=O) groups is 1. The maximum atomic E-state index is 12.1. The summed E-state index contributed by atoms with van der Waals surface area (Å²) in [6, 6.07) is 6.71. The van der Waals surface area contributed by atoms with Crippen molar-refractivity contribution in [2.75, 3.05) is 11.9 Å². The number of aromatic amines is 1. The van der Waals surface area contributed by atoms with Gasteiger partial charge in [-0.2, -0.15) is 0 Å². The minimum Gasteiger partial charge on any atom is -0.404 e. The molecule has 0 spiro atoms. The molecule has 0 unspecified atom stereocenters. The standard InChI is InChI=1S/C25H26N8O3S/c1-4-16(23-32-33-25(35)36-23)10-17(12-26)19-13-30-22(31-24(34)28-5-2)11-18(19)15(3)37-14-20(27)21-8-6-7-9-29-21/h4,6-14H,1,3,5,26-27H2,2H3,(H,33,35)(H2,28,30,31,34)/b16-10+,17-12+,20-14-. The molecule has 0 saturated carbocycles. The summed E-state index contributed by atoms with van der Waals surface area (Å²) >= 11 is 1.27. The number of pyridine rings is 2. The Balaban J connectivity index is 2.02. The van der Waals surface area contributed by atoms with Crippen LogP contribution >= 0.6 is 11.8 Å². The second kappa shape index (κ2) is 12.7. The first-order valence-corrected chi connectivity index (χ1v) is 11.8. The SMILES string of the molecule is C=C/C(=C\C(=C/N)c1cnc(NC(=O)NCC)cc1C(=C)S/C=C(\N)c1ccccn1)c1n[nH]c(=O)o1. The van der Waals surface area contributed by atoms with E-state index in [-0.39, 0.29) is 5.89 Å². The van der Waals surface area contributed by atoms with Crippen molar-refractivity contribution in [1.29, 1.82) is 0 Å². The molecule has 3 heterocycles. The summed E-state index contributed by atoms with van der Waals surface area (Å²) in [5.41, 5.74) is 15.4. The van der Waals surface area contributed by atoms with Gasteiger partial charge in [-0.15, -0.1) is 5.10 Å². The third kappa shape index (κ3) is 7.08. The van der Waals surface area contributed by atoms with Gasteiger partial charge >= 0.3 is 11.8 Å². The molecule has 0 aromatic carbocycles. The molecule has 0 aliphatic rings. The molecule has 11 nitrogen and oxygen atoms in total. The quantitative estimate of drug-likeness (QED) is 0.251. The molecule has 2 amide bonds. The van der Waals surface area contributed by atoms with Crippen molar-refractivity contribution in [1.82, 2.24) is 25.5 Å². The van der Waals surface area contributed by atoms with Crippen molar-refractivity contribution in [2.24, 2.45) is 11.5 Å². The number of rotatable bonds is 10. The first-order valence-electron chi connectivity index (χ1n) is 11.0. The fraction of sp³-hybridized carbons (Fsp3) is 0.0800. The van der Waals surface area contributed by atoms with Crippen LogP contribution in [0, 0.1) is 0 Å². The van der Waals surface area contributed by atoms with Crippen LogP contribution in [0.4, 0.5) is 10.6 Å². The lowest BCUT2D eigenvalue weighted by Crippen LogP contribution is -2.28.